The monoisotopic (exact) mass is 143 g/mol. The van der Waals surface area contributed by atoms with Gasteiger partial charge in [-0.25, -0.2) is 9.79 Å². The van der Waals surface area contributed by atoms with Crippen molar-refractivity contribution in [3.05, 3.63) is 11.5 Å². The van der Waals surface area contributed by atoms with Crippen LogP contribution in [0.15, 0.2) is 16.5 Å². The van der Waals surface area contributed by atoms with Crippen molar-refractivity contribution in [1.82, 2.24) is 0 Å². The summed E-state index contributed by atoms with van der Waals surface area (Å²) in [5.74, 6) is 0. The van der Waals surface area contributed by atoms with Crippen molar-refractivity contribution in [2.45, 2.75) is 6.42 Å². The lowest BCUT2D eigenvalue weighted by Gasteiger charge is -1.80. The molecule has 0 aromatic heterocycles. The maximum atomic E-state index is 9.52. The molecule has 0 rings (SSSR count). The van der Waals surface area contributed by atoms with E-state index in [4.69, 9.17) is 0 Å². The van der Waals surface area contributed by atoms with Crippen molar-refractivity contribution in [1.29, 1.82) is 0 Å². The van der Waals surface area contributed by atoms with Crippen molar-refractivity contribution < 1.29 is 4.79 Å². The van der Waals surface area contributed by atoms with E-state index in [0.717, 1.165) is 6.42 Å². The average molecular weight is 143 g/mol. The number of hydrogen-bond donors (Lipinski definition) is 0. The SMILES string of the molecule is CS/C=C/CCN=C=O. The minimum absolute atomic E-state index is 0.556. The molecule has 0 N–H and O–H groups in total. The molecule has 0 radical (unpaired) electrons. The maximum Gasteiger partial charge on any atom is 0.234 e. The van der Waals surface area contributed by atoms with E-state index in [9.17, 15) is 4.79 Å². The molecular formula is C6H9NOS. The number of nitrogens with zero attached hydrogens (tertiary/aromatic N) is 1. The highest BCUT2D eigenvalue weighted by atomic mass is 32.2. The molecule has 9 heavy (non-hydrogen) atoms. The first kappa shape index (κ1) is 8.47. The van der Waals surface area contributed by atoms with E-state index < -0.39 is 0 Å². The zero-order chi connectivity index (χ0) is 6.95. The highest BCUT2D eigenvalue weighted by Crippen LogP contribution is 1.94. The van der Waals surface area contributed by atoms with Crippen LogP contribution in [0.1, 0.15) is 6.42 Å². The predicted octanol–water partition coefficient (Wildman–Crippen LogP) is 1.59. The highest BCUT2D eigenvalue weighted by molar-refractivity contribution is 8.01. The number of isocyanates is 1. The molecule has 3 heteroatoms. The Hall–Kier alpha value is -0.530. The molecule has 0 aromatic rings. The molecule has 2 nitrogen and oxygen atoms in total. The lowest BCUT2D eigenvalue weighted by Crippen LogP contribution is -1.72. The van der Waals surface area contributed by atoms with Crippen LogP contribution in [-0.2, 0) is 4.79 Å². The third kappa shape index (κ3) is 7.47. The fraction of sp³-hybridized carbons (Fsp3) is 0.500. The first-order valence-electron chi connectivity index (χ1n) is 2.63. The first-order valence-corrected chi connectivity index (χ1v) is 3.92. The Balaban J connectivity index is 3.08. The molecule has 0 aliphatic carbocycles. The van der Waals surface area contributed by atoms with Gasteiger partial charge in [0.15, 0.2) is 0 Å². The third-order valence-corrected chi connectivity index (χ3v) is 1.17. The van der Waals surface area contributed by atoms with Crippen LogP contribution < -0.4 is 0 Å². The Morgan fingerprint density at radius 1 is 1.78 bits per heavy atom. The van der Waals surface area contributed by atoms with Gasteiger partial charge < -0.3 is 0 Å². The minimum Gasteiger partial charge on any atom is -0.211 e. The summed E-state index contributed by atoms with van der Waals surface area (Å²) in [5.41, 5.74) is 0. The van der Waals surface area contributed by atoms with Gasteiger partial charge in [-0.1, -0.05) is 6.08 Å². The van der Waals surface area contributed by atoms with Crippen LogP contribution in [0.4, 0.5) is 0 Å². The standard InChI is InChI=1S/C6H9NOS/c1-9-5-3-2-4-7-6-8/h3,5H,2,4H2,1H3/b5-3+. The molecule has 0 bridgehead atoms. The van der Waals surface area contributed by atoms with Gasteiger partial charge >= 0.3 is 0 Å². The van der Waals surface area contributed by atoms with E-state index in [1.165, 1.54) is 6.08 Å². The van der Waals surface area contributed by atoms with E-state index >= 15 is 0 Å². The number of thioether (sulfide) groups is 1. The second-order valence-corrected chi connectivity index (χ2v) is 2.11. The highest BCUT2D eigenvalue weighted by Gasteiger charge is 1.74. The summed E-state index contributed by atoms with van der Waals surface area (Å²) in [6.45, 7) is 0.556. The predicted molar refractivity (Wildman–Crippen MR) is 40.3 cm³/mol. The molecule has 0 saturated heterocycles. The number of rotatable bonds is 4. The lowest BCUT2D eigenvalue weighted by atomic mass is 10.4. The Morgan fingerprint density at radius 3 is 3.11 bits per heavy atom. The van der Waals surface area contributed by atoms with Gasteiger partial charge in [-0.05, 0) is 18.1 Å². The van der Waals surface area contributed by atoms with Crippen molar-refractivity contribution in [3.8, 4) is 0 Å². The Kier molecular flexibility index (Phi) is 7.03. The Labute approximate surface area is 59.1 Å². The van der Waals surface area contributed by atoms with Crippen molar-refractivity contribution in [2.24, 2.45) is 4.99 Å². The van der Waals surface area contributed by atoms with Gasteiger partial charge in [0.05, 0.1) is 6.54 Å². The zero-order valence-electron chi connectivity index (χ0n) is 5.33. The molecule has 0 fully saturated rings. The van der Waals surface area contributed by atoms with Crippen molar-refractivity contribution in [2.75, 3.05) is 12.8 Å². The summed E-state index contributed by atoms with van der Waals surface area (Å²) < 4.78 is 0. The number of aliphatic imine (C=N–C) groups is 1. The largest absolute Gasteiger partial charge is 0.234 e. The summed E-state index contributed by atoms with van der Waals surface area (Å²) in [7, 11) is 0. The van der Waals surface area contributed by atoms with Crippen LogP contribution in [0.3, 0.4) is 0 Å². The molecule has 0 aliphatic rings. The van der Waals surface area contributed by atoms with Gasteiger partial charge in [-0.3, -0.25) is 0 Å². The zero-order valence-corrected chi connectivity index (χ0v) is 6.15. The summed E-state index contributed by atoms with van der Waals surface area (Å²) >= 11 is 1.64. The lowest BCUT2D eigenvalue weighted by molar-refractivity contribution is 0.563. The second-order valence-electron chi connectivity index (χ2n) is 1.37. The Bertz CT molecular complexity index is 127. The molecule has 50 valence electrons. The van der Waals surface area contributed by atoms with E-state index in [-0.39, 0.29) is 0 Å². The second kappa shape index (κ2) is 7.47. The summed E-state index contributed by atoms with van der Waals surface area (Å²) in [5, 5.41) is 1.97. The van der Waals surface area contributed by atoms with Gasteiger partial charge in [-0.15, -0.1) is 11.8 Å². The molecular weight excluding hydrogens is 134 g/mol. The summed E-state index contributed by atoms with van der Waals surface area (Å²) in [6, 6.07) is 0. The fourth-order valence-electron chi connectivity index (χ4n) is 0.349. The molecule has 0 atom stereocenters. The van der Waals surface area contributed by atoms with Gasteiger partial charge in [0.1, 0.15) is 0 Å². The number of hydrogen-bond acceptors (Lipinski definition) is 3. The van der Waals surface area contributed by atoms with Gasteiger partial charge in [0.25, 0.3) is 0 Å². The smallest absolute Gasteiger partial charge is 0.211 e. The van der Waals surface area contributed by atoms with Crippen LogP contribution in [0.2, 0.25) is 0 Å². The average Bonchev–Trinajstić information content (AvgIpc) is 1.89. The normalized spacial score (nSPS) is 9.44. The molecule has 0 aliphatic heterocycles. The van der Waals surface area contributed by atoms with Crippen LogP contribution in [0, 0.1) is 0 Å². The van der Waals surface area contributed by atoms with Crippen LogP contribution >= 0.6 is 11.8 Å². The first-order chi connectivity index (χ1) is 4.41. The molecule has 0 spiro atoms. The van der Waals surface area contributed by atoms with Crippen molar-refractivity contribution in [3.63, 3.8) is 0 Å². The summed E-state index contributed by atoms with van der Waals surface area (Å²) in [6.07, 6.45) is 6.27. The molecule has 0 aromatic carbocycles. The molecule has 0 unspecified atom stereocenters. The summed E-state index contributed by atoms with van der Waals surface area (Å²) in [4.78, 5) is 12.9. The number of carbonyl (C=O) groups excluding carboxylic acids is 1. The van der Waals surface area contributed by atoms with E-state index in [2.05, 4.69) is 4.99 Å². The topological polar surface area (TPSA) is 29.4 Å². The van der Waals surface area contributed by atoms with E-state index in [0.29, 0.717) is 6.54 Å². The quantitative estimate of drug-likeness (QED) is 0.340. The minimum atomic E-state index is 0.556. The van der Waals surface area contributed by atoms with Crippen LogP contribution in [-0.4, -0.2) is 18.9 Å². The van der Waals surface area contributed by atoms with Gasteiger partial charge in [-0.2, -0.15) is 0 Å². The Morgan fingerprint density at radius 2 is 2.56 bits per heavy atom. The van der Waals surface area contributed by atoms with Crippen LogP contribution in [0.5, 0.6) is 0 Å². The molecule has 0 saturated carbocycles. The maximum absolute atomic E-state index is 9.52. The third-order valence-electron chi connectivity index (χ3n) is 0.704. The van der Waals surface area contributed by atoms with E-state index in [1.807, 2.05) is 17.7 Å². The van der Waals surface area contributed by atoms with Crippen LogP contribution in [0.25, 0.3) is 0 Å². The fourth-order valence-corrected chi connectivity index (χ4v) is 0.678. The molecule has 0 amide bonds. The van der Waals surface area contributed by atoms with Crippen molar-refractivity contribution >= 4 is 17.8 Å². The van der Waals surface area contributed by atoms with Gasteiger partial charge in [0, 0.05) is 0 Å². The molecule has 0 heterocycles. The van der Waals surface area contributed by atoms with Gasteiger partial charge in [0.2, 0.25) is 6.08 Å². The van der Waals surface area contributed by atoms with E-state index in [1.54, 1.807) is 11.8 Å².